The van der Waals surface area contributed by atoms with E-state index in [1.807, 2.05) is 54.3 Å². The lowest BCUT2D eigenvalue weighted by molar-refractivity contribution is -0.645. The minimum absolute atomic E-state index is 0. The summed E-state index contributed by atoms with van der Waals surface area (Å²) in [6.07, 6.45) is 2.00. The summed E-state index contributed by atoms with van der Waals surface area (Å²) in [6.45, 7) is 0. The van der Waals surface area contributed by atoms with Gasteiger partial charge in [-0.05, 0) is 24.3 Å². The zero-order valence-corrected chi connectivity index (χ0v) is 12.6. The van der Waals surface area contributed by atoms with Crippen molar-refractivity contribution >= 4 is 11.0 Å². The van der Waals surface area contributed by atoms with E-state index in [1.165, 1.54) is 0 Å². The summed E-state index contributed by atoms with van der Waals surface area (Å²) >= 11 is 0. The molecule has 19 heavy (non-hydrogen) atoms. The molecule has 0 spiro atoms. The van der Waals surface area contributed by atoms with E-state index >= 15 is 0 Å². The van der Waals surface area contributed by atoms with Gasteiger partial charge in [0.25, 0.3) is 0 Å². The van der Waals surface area contributed by atoms with Crippen LogP contribution in [-0.4, -0.2) is 4.57 Å². The molecule has 0 amide bonds. The first kappa shape index (κ1) is 13.6. The Morgan fingerprint density at radius 1 is 1.05 bits per heavy atom. The molecule has 0 saturated heterocycles. The largest absolute Gasteiger partial charge is 1.00 e. The molecule has 0 aliphatic carbocycles. The molecule has 3 nitrogen and oxygen atoms in total. The fraction of sp³-hybridized carbons (Fsp3) is 0.0667. The quantitative estimate of drug-likeness (QED) is 0.418. The molecule has 4 heteroatoms. The van der Waals surface area contributed by atoms with Gasteiger partial charge in [0, 0.05) is 0 Å². The first-order valence-electron chi connectivity index (χ1n) is 5.76. The Bertz CT molecular complexity index is 754. The number of halogens is 1. The van der Waals surface area contributed by atoms with E-state index in [2.05, 4.69) is 22.8 Å². The number of nitrogens with zero attached hydrogens (tertiary/aromatic N) is 3. The van der Waals surface area contributed by atoms with Gasteiger partial charge in [-0.25, -0.2) is 4.57 Å². The van der Waals surface area contributed by atoms with Gasteiger partial charge in [-0.3, -0.25) is 0 Å². The van der Waals surface area contributed by atoms with Gasteiger partial charge in [0.2, 0.25) is 6.33 Å². The zero-order chi connectivity index (χ0) is 12.5. The third-order valence-electron chi connectivity index (χ3n) is 3.07. The molecule has 0 atom stereocenters. The van der Waals surface area contributed by atoms with Crippen molar-refractivity contribution in [3.05, 3.63) is 60.4 Å². The van der Waals surface area contributed by atoms with E-state index in [1.54, 1.807) is 0 Å². The van der Waals surface area contributed by atoms with Crippen molar-refractivity contribution < 1.29 is 28.5 Å². The molecule has 3 rings (SSSR count). The summed E-state index contributed by atoms with van der Waals surface area (Å²) in [5, 5.41) is 9.17. The van der Waals surface area contributed by atoms with Crippen molar-refractivity contribution in [3.8, 4) is 11.8 Å². The lowest BCUT2D eigenvalue weighted by atomic mass is 10.2. The molecule has 0 radical (unpaired) electrons. The summed E-state index contributed by atoms with van der Waals surface area (Å²) in [4.78, 5) is 0. The van der Waals surface area contributed by atoms with Crippen LogP contribution >= 0.6 is 0 Å². The fourth-order valence-corrected chi connectivity index (χ4v) is 2.27. The van der Waals surface area contributed by atoms with Crippen LogP contribution in [0.3, 0.4) is 0 Å². The Morgan fingerprint density at radius 3 is 2.47 bits per heavy atom. The topological polar surface area (TPSA) is 32.6 Å². The van der Waals surface area contributed by atoms with E-state index in [0.29, 0.717) is 5.56 Å². The number of benzene rings is 2. The molecular weight excluding hydrogens is 349 g/mol. The summed E-state index contributed by atoms with van der Waals surface area (Å²) in [5.74, 6) is 0. The summed E-state index contributed by atoms with van der Waals surface area (Å²) < 4.78 is 4.08. The average Bonchev–Trinajstić information content (AvgIpc) is 2.77. The second-order valence-electron chi connectivity index (χ2n) is 4.22. The summed E-state index contributed by atoms with van der Waals surface area (Å²) in [7, 11) is 1.96. The van der Waals surface area contributed by atoms with Gasteiger partial charge in [0.05, 0.1) is 7.05 Å². The maximum absolute atomic E-state index is 9.17. The van der Waals surface area contributed by atoms with E-state index in [-0.39, 0.29) is 24.0 Å². The predicted octanol–water partition coefficient (Wildman–Crippen LogP) is -0.669. The number of aryl methyl sites for hydroxylation is 1. The van der Waals surface area contributed by atoms with Crippen LogP contribution in [0.15, 0.2) is 54.9 Å². The molecule has 3 aromatic rings. The van der Waals surface area contributed by atoms with Crippen molar-refractivity contribution in [2.75, 3.05) is 0 Å². The molecule has 0 unspecified atom stereocenters. The summed E-state index contributed by atoms with van der Waals surface area (Å²) in [5.41, 5.74) is 3.80. The first-order valence-corrected chi connectivity index (χ1v) is 5.76. The smallest absolute Gasteiger partial charge is 0.249 e. The lowest BCUT2D eigenvalue weighted by Gasteiger charge is -1.96. The third-order valence-corrected chi connectivity index (χ3v) is 3.07. The van der Waals surface area contributed by atoms with E-state index < -0.39 is 0 Å². The number of aromatic nitrogens is 2. The van der Waals surface area contributed by atoms with Gasteiger partial charge < -0.3 is 24.0 Å². The monoisotopic (exact) mass is 361 g/mol. The zero-order valence-electron chi connectivity index (χ0n) is 10.4. The van der Waals surface area contributed by atoms with Crippen LogP contribution in [0.2, 0.25) is 0 Å². The van der Waals surface area contributed by atoms with Crippen molar-refractivity contribution in [1.29, 1.82) is 5.26 Å². The lowest BCUT2D eigenvalue weighted by Crippen LogP contribution is -3.00. The van der Waals surface area contributed by atoms with E-state index in [4.69, 9.17) is 5.26 Å². The molecule has 0 saturated carbocycles. The Morgan fingerprint density at radius 2 is 1.79 bits per heavy atom. The van der Waals surface area contributed by atoms with E-state index in [0.717, 1.165) is 16.7 Å². The third kappa shape index (κ3) is 2.22. The molecule has 0 aliphatic rings. The molecular formula is C15H12IN3. The van der Waals surface area contributed by atoms with Crippen LogP contribution < -0.4 is 28.5 Å². The van der Waals surface area contributed by atoms with E-state index in [9.17, 15) is 0 Å². The Kier molecular flexibility index (Phi) is 3.86. The Labute approximate surface area is 128 Å². The number of rotatable bonds is 1. The maximum atomic E-state index is 9.17. The van der Waals surface area contributed by atoms with Crippen LogP contribution in [0.25, 0.3) is 16.7 Å². The Balaban J connectivity index is 0.00000133. The van der Waals surface area contributed by atoms with Crippen molar-refractivity contribution in [3.63, 3.8) is 0 Å². The number of fused-ring (bicyclic) bond motifs is 1. The number of hydrogen-bond acceptors (Lipinski definition) is 1. The standard InChI is InChI=1S/C15H12N3.HI/c1-17-11-18(13-7-3-2-4-8-13)14-9-5-6-12(10-16)15(14)17;/h2-9,11H,1H3;1H/q+1;/p-1. The molecule has 94 valence electrons. The number of imidazole rings is 1. The van der Waals surface area contributed by atoms with Crippen LogP contribution in [0.4, 0.5) is 0 Å². The molecule has 0 N–H and O–H groups in total. The highest BCUT2D eigenvalue weighted by atomic mass is 127. The molecule has 1 aromatic heterocycles. The molecule has 2 aromatic carbocycles. The Hall–Kier alpha value is -1.87. The van der Waals surface area contributed by atoms with Crippen LogP contribution in [-0.2, 0) is 7.05 Å². The van der Waals surface area contributed by atoms with Crippen molar-refractivity contribution in [2.45, 2.75) is 0 Å². The predicted molar refractivity (Wildman–Crippen MR) is 69.2 cm³/mol. The normalized spacial score (nSPS) is 9.89. The van der Waals surface area contributed by atoms with Crippen LogP contribution in [0.1, 0.15) is 5.56 Å². The SMILES string of the molecule is C[n+]1cn(-c2ccccc2)c2cccc(C#N)c21.[I-]. The minimum Gasteiger partial charge on any atom is -1.00 e. The van der Waals surface area contributed by atoms with Gasteiger partial charge in [-0.1, -0.05) is 24.3 Å². The molecule has 0 aliphatic heterocycles. The highest BCUT2D eigenvalue weighted by Gasteiger charge is 2.17. The second kappa shape index (κ2) is 5.41. The van der Waals surface area contributed by atoms with Crippen LogP contribution in [0, 0.1) is 11.3 Å². The number of hydrogen-bond donors (Lipinski definition) is 0. The van der Waals surface area contributed by atoms with Crippen LogP contribution in [0.5, 0.6) is 0 Å². The fourth-order valence-electron chi connectivity index (χ4n) is 2.27. The molecule has 0 fully saturated rings. The maximum Gasteiger partial charge on any atom is 0.249 e. The van der Waals surface area contributed by atoms with Gasteiger partial charge in [-0.2, -0.15) is 9.83 Å². The van der Waals surface area contributed by atoms with Gasteiger partial charge in [-0.15, -0.1) is 0 Å². The average molecular weight is 361 g/mol. The number of para-hydroxylation sites is 2. The van der Waals surface area contributed by atoms with Gasteiger partial charge in [0.15, 0.2) is 11.0 Å². The minimum atomic E-state index is 0. The van der Waals surface area contributed by atoms with Crippen molar-refractivity contribution in [1.82, 2.24) is 4.57 Å². The second-order valence-corrected chi connectivity index (χ2v) is 4.22. The number of nitriles is 1. The first-order chi connectivity index (χ1) is 8.81. The molecule has 0 bridgehead atoms. The summed E-state index contributed by atoms with van der Waals surface area (Å²) in [6, 6.07) is 18.2. The van der Waals surface area contributed by atoms with Crippen molar-refractivity contribution in [2.24, 2.45) is 7.05 Å². The van der Waals surface area contributed by atoms with Gasteiger partial charge >= 0.3 is 0 Å². The van der Waals surface area contributed by atoms with Gasteiger partial charge in [0.1, 0.15) is 17.3 Å². The highest BCUT2D eigenvalue weighted by molar-refractivity contribution is 5.80. The molecule has 1 heterocycles. The highest BCUT2D eigenvalue weighted by Crippen LogP contribution is 2.19.